The summed E-state index contributed by atoms with van der Waals surface area (Å²) in [5, 5.41) is 10.9. The van der Waals surface area contributed by atoms with E-state index >= 15 is 0 Å². The zero-order chi connectivity index (χ0) is 16.1. The summed E-state index contributed by atoms with van der Waals surface area (Å²) in [7, 11) is 0. The molecule has 1 heterocycles. The van der Waals surface area contributed by atoms with Crippen molar-refractivity contribution >= 4 is 16.8 Å². The molecule has 1 aliphatic rings. The smallest absolute Gasteiger partial charge is 0.272 e. The van der Waals surface area contributed by atoms with Crippen LogP contribution in [-0.4, -0.2) is 35.4 Å². The van der Waals surface area contributed by atoms with Crippen molar-refractivity contribution in [3.63, 3.8) is 0 Å². The number of nitrogens with zero attached hydrogens (tertiary/aromatic N) is 1. The number of nitrogens with one attached hydrogen (secondary N) is 2. The van der Waals surface area contributed by atoms with Crippen molar-refractivity contribution in [1.82, 2.24) is 15.5 Å². The van der Waals surface area contributed by atoms with Crippen molar-refractivity contribution in [2.75, 3.05) is 13.2 Å². The van der Waals surface area contributed by atoms with Gasteiger partial charge in [-0.3, -0.25) is 9.89 Å². The minimum Gasteiger partial charge on any atom is -0.378 e. The van der Waals surface area contributed by atoms with Crippen LogP contribution in [0.2, 0.25) is 0 Å². The maximum atomic E-state index is 12.3. The van der Waals surface area contributed by atoms with Crippen LogP contribution in [0.4, 0.5) is 0 Å². The summed E-state index contributed by atoms with van der Waals surface area (Å²) in [6.45, 7) is 3.34. The predicted octanol–water partition coefficient (Wildman–Crippen LogP) is 3.34. The van der Waals surface area contributed by atoms with Crippen molar-refractivity contribution < 1.29 is 9.53 Å². The summed E-state index contributed by atoms with van der Waals surface area (Å²) in [6.07, 6.45) is 7.55. The number of ether oxygens (including phenoxy) is 1. The molecule has 3 rings (SSSR count). The molecule has 5 heteroatoms. The van der Waals surface area contributed by atoms with Crippen LogP contribution in [0.3, 0.4) is 0 Å². The van der Waals surface area contributed by atoms with E-state index in [-0.39, 0.29) is 5.91 Å². The van der Waals surface area contributed by atoms with Gasteiger partial charge >= 0.3 is 0 Å². The number of carbonyl (C=O) groups excluding carboxylic acids is 1. The Hall–Kier alpha value is -1.88. The number of aryl methyl sites for hydroxylation is 1. The van der Waals surface area contributed by atoms with Gasteiger partial charge in [-0.25, -0.2) is 0 Å². The van der Waals surface area contributed by atoms with Crippen molar-refractivity contribution in [1.29, 1.82) is 0 Å². The minimum atomic E-state index is -0.125. The highest BCUT2D eigenvalue weighted by molar-refractivity contribution is 6.04. The van der Waals surface area contributed by atoms with Crippen LogP contribution >= 0.6 is 0 Å². The van der Waals surface area contributed by atoms with Gasteiger partial charge in [0, 0.05) is 18.5 Å². The third kappa shape index (κ3) is 4.10. The number of H-pyrrole nitrogens is 1. The third-order valence-corrected chi connectivity index (χ3v) is 4.45. The topological polar surface area (TPSA) is 67.0 Å². The number of fused-ring (bicyclic) bond motifs is 1. The molecule has 0 bridgehead atoms. The van der Waals surface area contributed by atoms with Gasteiger partial charge in [-0.1, -0.05) is 30.9 Å². The second kappa shape index (κ2) is 7.59. The van der Waals surface area contributed by atoms with Crippen LogP contribution < -0.4 is 5.32 Å². The summed E-state index contributed by atoms with van der Waals surface area (Å²) in [5.74, 6) is -0.125. The van der Waals surface area contributed by atoms with E-state index < -0.39 is 0 Å². The first kappa shape index (κ1) is 16.0. The molecule has 5 nitrogen and oxygen atoms in total. The summed E-state index contributed by atoms with van der Waals surface area (Å²) < 4.78 is 5.87. The monoisotopic (exact) mass is 315 g/mol. The Morgan fingerprint density at radius 2 is 2.17 bits per heavy atom. The zero-order valence-corrected chi connectivity index (χ0v) is 13.7. The zero-order valence-electron chi connectivity index (χ0n) is 13.7. The Kier molecular flexibility index (Phi) is 5.28. The SMILES string of the molecule is Cc1ccc2[nH]nc(C(=O)NCCCOC3CCCCC3)c2c1. The standard InChI is InChI=1S/C18H25N3O2/c1-13-8-9-16-15(12-13)17(21-20-16)18(22)19-10-5-11-23-14-6-3-2-4-7-14/h8-9,12,14H,2-7,10-11H2,1H3,(H,19,22)(H,20,21). The molecule has 1 aromatic heterocycles. The molecule has 23 heavy (non-hydrogen) atoms. The molecule has 0 atom stereocenters. The Morgan fingerprint density at radius 3 is 3.00 bits per heavy atom. The molecule has 124 valence electrons. The summed E-state index contributed by atoms with van der Waals surface area (Å²) in [5.41, 5.74) is 2.48. The summed E-state index contributed by atoms with van der Waals surface area (Å²) >= 11 is 0. The number of benzene rings is 1. The van der Waals surface area contributed by atoms with E-state index in [4.69, 9.17) is 4.74 Å². The summed E-state index contributed by atoms with van der Waals surface area (Å²) in [4.78, 5) is 12.3. The Bertz CT molecular complexity index is 659. The van der Waals surface area contributed by atoms with Gasteiger partial charge in [-0.2, -0.15) is 5.10 Å². The lowest BCUT2D eigenvalue weighted by Gasteiger charge is -2.21. The molecule has 2 N–H and O–H groups in total. The predicted molar refractivity (Wildman–Crippen MR) is 90.6 cm³/mol. The normalized spacial score (nSPS) is 15.9. The number of aromatic nitrogens is 2. The van der Waals surface area contributed by atoms with E-state index in [1.54, 1.807) is 0 Å². The maximum absolute atomic E-state index is 12.3. The lowest BCUT2D eigenvalue weighted by Crippen LogP contribution is -2.26. The van der Waals surface area contributed by atoms with E-state index in [1.165, 1.54) is 32.1 Å². The lowest BCUT2D eigenvalue weighted by atomic mass is 9.98. The molecule has 2 aromatic rings. The van der Waals surface area contributed by atoms with Gasteiger partial charge in [-0.15, -0.1) is 0 Å². The fourth-order valence-electron chi connectivity index (χ4n) is 3.14. The van der Waals surface area contributed by atoms with Crippen molar-refractivity contribution in [3.05, 3.63) is 29.5 Å². The van der Waals surface area contributed by atoms with Crippen LogP contribution in [-0.2, 0) is 4.74 Å². The first-order valence-corrected chi connectivity index (χ1v) is 8.58. The van der Waals surface area contributed by atoms with Crippen molar-refractivity contribution in [3.8, 4) is 0 Å². The molecule has 1 amide bonds. The molecule has 1 aromatic carbocycles. The van der Waals surface area contributed by atoms with E-state index in [9.17, 15) is 4.79 Å². The quantitative estimate of drug-likeness (QED) is 0.803. The molecule has 0 aliphatic heterocycles. The van der Waals surface area contributed by atoms with Gasteiger partial charge in [-0.05, 0) is 38.3 Å². The number of hydrogen-bond acceptors (Lipinski definition) is 3. The fraction of sp³-hybridized carbons (Fsp3) is 0.556. The minimum absolute atomic E-state index is 0.125. The third-order valence-electron chi connectivity index (χ3n) is 4.45. The van der Waals surface area contributed by atoms with Crippen LogP contribution in [0, 0.1) is 6.92 Å². The van der Waals surface area contributed by atoms with E-state index in [1.807, 2.05) is 25.1 Å². The van der Waals surface area contributed by atoms with Gasteiger partial charge in [0.05, 0.1) is 11.6 Å². The molecule has 0 saturated heterocycles. The van der Waals surface area contributed by atoms with Gasteiger partial charge in [0.1, 0.15) is 0 Å². The summed E-state index contributed by atoms with van der Waals surface area (Å²) in [6, 6.07) is 5.94. The molecule has 1 saturated carbocycles. The molecule has 0 unspecified atom stereocenters. The number of amides is 1. The Balaban J connectivity index is 1.44. The van der Waals surface area contributed by atoms with Gasteiger partial charge in [0.25, 0.3) is 5.91 Å². The average Bonchev–Trinajstić information content (AvgIpc) is 2.98. The Labute approximate surface area is 136 Å². The van der Waals surface area contributed by atoms with E-state index in [0.29, 0.717) is 24.9 Å². The lowest BCUT2D eigenvalue weighted by molar-refractivity contribution is 0.0273. The largest absolute Gasteiger partial charge is 0.378 e. The first-order valence-electron chi connectivity index (χ1n) is 8.58. The van der Waals surface area contributed by atoms with Crippen LogP contribution in [0.1, 0.15) is 54.6 Å². The number of rotatable bonds is 6. The van der Waals surface area contributed by atoms with Crippen LogP contribution in [0.5, 0.6) is 0 Å². The van der Waals surface area contributed by atoms with Crippen LogP contribution in [0.25, 0.3) is 10.9 Å². The molecule has 1 fully saturated rings. The van der Waals surface area contributed by atoms with Crippen molar-refractivity contribution in [2.45, 2.75) is 51.6 Å². The molecule has 1 aliphatic carbocycles. The molecular formula is C18H25N3O2. The number of hydrogen-bond donors (Lipinski definition) is 2. The number of aromatic amines is 1. The molecule has 0 radical (unpaired) electrons. The Morgan fingerprint density at radius 1 is 1.35 bits per heavy atom. The second-order valence-corrected chi connectivity index (χ2v) is 6.36. The van der Waals surface area contributed by atoms with Crippen molar-refractivity contribution in [2.24, 2.45) is 0 Å². The van der Waals surface area contributed by atoms with E-state index in [2.05, 4.69) is 15.5 Å². The highest BCUT2D eigenvalue weighted by atomic mass is 16.5. The number of carbonyl (C=O) groups is 1. The average molecular weight is 315 g/mol. The highest BCUT2D eigenvalue weighted by Crippen LogP contribution is 2.20. The van der Waals surface area contributed by atoms with Gasteiger partial charge < -0.3 is 10.1 Å². The maximum Gasteiger partial charge on any atom is 0.272 e. The fourth-order valence-corrected chi connectivity index (χ4v) is 3.14. The molecule has 0 spiro atoms. The van der Waals surface area contributed by atoms with Gasteiger partial charge in [0.2, 0.25) is 0 Å². The molecular weight excluding hydrogens is 290 g/mol. The highest BCUT2D eigenvalue weighted by Gasteiger charge is 2.15. The first-order chi connectivity index (χ1) is 11.2. The van der Waals surface area contributed by atoms with Crippen LogP contribution in [0.15, 0.2) is 18.2 Å². The van der Waals surface area contributed by atoms with Gasteiger partial charge in [0.15, 0.2) is 5.69 Å². The van der Waals surface area contributed by atoms with E-state index in [0.717, 1.165) is 22.9 Å². The second-order valence-electron chi connectivity index (χ2n) is 6.36.